The third kappa shape index (κ3) is 3.48. The normalized spacial score (nSPS) is 12.0. The van der Waals surface area contributed by atoms with Gasteiger partial charge in [0.25, 0.3) is 0 Å². The Morgan fingerprint density at radius 1 is 1.62 bits per heavy atom. The van der Waals surface area contributed by atoms with Crippen molar-refractivity contribution < 1.29 is 13.9 Å². The molecular weight excluding hydrogens is 277 g/mol. The van der Waals surface area contributed by atoms with Gasteiger partial charge < -0.3 is 10.1 Å². The summed E-state index contributed by atoms with van der Waals surface area (Å²) in [6.45, 7) is 2.15. The summed E-state index contributed by atoms with van der Waals surface area (Å²) in [5, 5.41) is 2.97. The number of nitrogens with one attached hydrogen (secondary N) is 1. The number of methoxy groups -OCH3 is 1. The summed E-state index contributed by atoms with van der Waals surface area (Å²) in [5.41, 5.74) is 0.636. The van der Waals surface area contributed by atoms with Gasteiger partial charge in [0.1, 0.15) is 5.82 Å². The maximum atomic E-state index is 13.1. The average molecular weight is 290 g/mol. The number of rotatable bonds is 4. The third-order valence-electron chi connectivity index (χ3n) is 2.14. The molecule has 0 spiro atoms. The minimum Gasteiger partial charge on any atom is -0.469 e. The Balaban J connectivity index is 2.55. The number of anilines is 1. The number of benzene rings is 1. The highest BCUT2D eigenvalue weighted by molar-refractivity contribution is 9.10. The molecule has 1 atom stereocenters. The molecule has 0 aliphatic rings. The second kappa shape index (κ2) is 5.84. The molecule has 0 amide bonds. The zero-order chi connectivity index (χ0) is 12.1. The van der Waals surface area contributed by atoms with Crippen molar-refractivity contribution in [2.45, 2.75) is 6.92 Å². The predicted octanol–water partition coefficient (Wildman–Crippen LogP) is 2.81. The highest BCUT2D eigenvalue weighted by Gasteiger charge is 2.12. The van der Waals surface area contributed by atoms with Gasteiger partial charge in [0.15, 0.2) is 0 Å². The predicted molar refractivity (Wildman–Crippen MR) is 63.8 cm³/mol. The molecule has 1 N–H and O–H groups in total. The number of halogens is 2. The summed E-state index contributed by atoms with van der Waals surface area (Å²) >= 11 is 3.07. The molecule has 0 aromatic heterocycles. The van der Waals surface area contributed by atoms with E-state index < -0.39 is 0 Å². The van der Waals surface area contributed by atoms with Crippen LogP contribution < -0.4 is 5.32 Å². The molecule has 0 saturated heterocycles. The average Bonchev–Trinajstić information content (AvgIpc) is 2.29. The highest BCUT2D eigenvalue weighted by atomic mass is 79.9. The molecule has 0 fully saturated rings. The van der Waals surface area contributed by atoms with Crippen molar-refractivity contribution >= 4 is 27.6 Å². The Bertz CT molecular complexity index is 384. The lowest BCUT2D eigenvalue weighted by atomic mass is 10.2. The van der Waals surface area contributed by atoms with Crippen LogP contribution in [0.2, 0.25) is 0 Å². The van der Waals surface area contributed by atoms with Crippen LogP contribution in [0.5, 0.6) is 0 Å². The lowest BCUT2D eigenvalue weighted by Gasteiger charge is -2.11. The first-order chi connectivity index (χ1) is 7.54. The van der Waals surface area contributed by atoms with E-state index in [1.807, 2.05) is 0 Å². The summed E-state index contributed by atoms with van der Waals surface area (Å²) in [6.07, 6.45) is 0. The van der Waals surface area contributed by atoms with Gasteiger partial charge in [0.05, 0.1) is 17.5 Å². The van der Waals surface area contributed by atoms with Crippen LogP contribution in [0.1, 0.15) is 6.92 Å². The van der Waals surface area contributed by atoms with Crippen LogP contribution in [-0.2, 0) is 9.53 Å². The van der Waals surface area contributed by atoms with E-state index in [1.54, 1.807) is 19.1 Å². The molecule has 3 nitrogen and oxygen atoms in total. The van der Waals surface area contributed by atoms with E-state index in [4.69, 9.17) is 0 Å². The molecule has 5 heteroatoms. The molecule has 1 aromatic rings. The highest BCUT2D eigenvalue weighted by Crippen LogP contribution is 2.19. The van der Waals surface area contributed by atoms with Crippen molar-refractivity contribution in [2.75, 3.05) is 19.0 Å². The van der Waals surface area contributed by atoms with Crippen molar-refractivity contribution in [1.29, 1.82) is 0 Å². The van der Waals surface area contributed by atoms with Crippen molar-refractivity contribution in [3.8, 4) is 0 Å². The van der Waals surface area contributed by atoms with E-state index in [0.717, 1.165) is 0 Å². The van der Waals surface area contributed by atoms with Crippen molar-refractivity contribution in [1.82, 2.24) is 0 Å². The van der Waals surface area contributed by atoms with E-state index >= 15 is 0 Å². The van der Waals surface area contributed by atoms with E-state index in [0.29, 0.717) is 16.7 Å². The lowest BCUT2D eigenvalue weighted by Crippen LogP contribution is -2.21. The molecule has 0 radical (unpaired) electrons. The molecule has 1 unspecified atom stereocenters. The molecule has 1 aromatic carbocycles. The van der Waals surface area contributed by atoms with Gasteiger partial charge >= 0.3 is 5.97 Å². The Kier molecular flexibility index (Phi) is 4.73. The number of hydrogen-bond acceptors (Lipinski definition) is 3. The smallest absolute Gasteiger partial charge is 0.310 e. The molecule has 0 bridgehead atoms. The molecule has 88 valence electrons. The second-order valence-corrected chi connectivity index (χ2v) is 4.29. The van der Waals surface area contributed by atoms with Crippen LogP contribution in [0.15, 0.2) is 22.7 Å². The van der Waals surface area contributed by atoms with Crippen LogP contribution in [0, 0.1) is 11.7 Å². The first-order valence-electron chi connectivity index (χ1n) is 4.81. The van der Waals surface area contributed by atoms with Crippen molar-refractivity contribution in [3.05, 3.63) is 28.5 Å². The van der Waals surface area contributed by atoms with Gasteiger partial charge in [-0.2, -0.15) is 0 Å². The fourth-order valence-electron chi connectivity index (χ4n) is 1.16. The maximum Gasteiger partial charge on any atom is 0.310 e. The number of hydrogen-bond donors (Lipinski definition) is 1. The van der Waals surface area contributed by atoms with E-state index in [1.165, 1.54) is 13.2 Å². The largest absolute Gasteiger partial charge is 0.469 e. The van der Waals surface area contributed by atoms with Gasteiger partial charge in [-0.05, 0) is 34.1 Å². The quantitative estimate of drug-likeness (QED) is 0.867. The van der Waals surface area contributed by atoms with E-state index in [2.05, 4.69) is 26.0 Å². The van der Waals surface area contributed by atoms with E-state index in [9.17, 15) is 9.18 Å². The number of carbonyl (C=O) groups is 1. The Morgan fingerprint density at radius 3 is 2.88 bits per heavy atom. The molecule has 16 heavy (non-hydrogen) atoms. The monoisotopic (exact) mass is 289 g/mol. The molecule has 0 aliphatic carbocycles. The van der Waals surface area contributed by atoms with Crippen LogP contribution in [0.3, 0.4) is 0 Å². The number of esters is 1. The van der Waals surface area contributed by atoms with Gasteiger partial charge in [0, 0.05) is 12.2 Å². The van der Waals surface area contributed by atoms with E-state index in [-0.39, 0.29) is 17.7 Å². The Hall–Kier alpha value is -1.10. The molecule has 0 saturated carbocycles. The van der Waals surface area contributed by atoms with Gasteiger partial charge in [-0.25, -0.2) is 4.39 Å². The van der Waals surface area contributed by atoms with Crippen molar-refractivity contribution in [2.24, 2.45) is 5.92 Å². The summed E-state index contributed by atoms with van der Waals surface area (Å²) in [4.78, 5) is 11.1. The molecule has 0 aliphatic heterocycles. The number of ether oxygens (including phenoxy) is 1. The summed E-state index contributed by atoms with van der Waals surface area (Å²) in [6, 6.07) is 4.71. The zero-order valence-electron chi connectivity index (χ0n) is 9.09. The molecule has 1 rings (SSSR count). The van der Waals surface area contributed by atoms with Gasteiger partial charge in [-0.3, -0.25) is 4.79 Å². The maximum absolute atomic E-state index is 13.1. The molecule has 0 heterocycles. The summed E-state index contributed by atoms with van der Waals surface area (Å²) in [5.74, 6) is -0.891. The zero-order valence-corrected chi connectivity index (χ0v) is 10.7. The number of carbonyl (C=O) groups excluding carboxylic acids is 1. The first kappa shape index (κ1) is 13.0. The van der Waals surface area contributed by atoms with Gasteiger partial charge in [0.2, 0.25) is 0 Å². The SMILES string of the molecule is COC(=O)C(C)CNc1ccc(Br)c(F)c1. The minimum absolute atomic E-state index is 0.267. The summed E-state index contributed by atoms with van der Waals surface area (Å²) in [7, 11) is 1.35. The van der Waals surface area contributed by atoms with Gasteiger partial charge in [-0.15, -0.1) is 0 Å². The van der Waals surface area contributed by atoms with Crippen LogP contribution in [-0.4, -0.2) is 19.6 Å². The lowest BCUT2D eigenvalue weighted by molar-refractivity contribution is -0.144. The minimum atomic E-state index is -0.337. The first-order valence-corrected chi connectivity index (χ1v) is 5.60. The van der Waals surface area contributed by atoms with Crippen LogP contribution in [0.25, 0.3) is 0 Å². The Labute approximate surface area is 102 Å². The second-order valence-electron chi connectivity index (χ2n) is 3.43. The van der Waals surface area contributed by atoms with Gasteiger partial charge in [-0.1, -0.05) is 6.92 Å². The third-order valence-corrected chi connectivity index (χ3v) is 2.78. The van der Waals surface area contributed by atoms with Crippen molar-refractivity contribution in [3.63, 3.8) is 0 Å². The molecular formula is C11H13BrFNO2. The fraction of sp³-hybridized carbons (Fsp3) is 0.364. The Morgan fingerprint density at radius 2 is 2.31 bits per heavy atom. The topological polar surface area (TPSA) is 38.3 Å². The van der Waals surface area contributed by atoms with Crippen LogP contribution >= 0.6 is 15.9 Å². The summed E-state index contributed by atoms with van der Waals surface area (Å²) < 4.78 is 18.1. The van der Waals surface area contributed by atoms with Crippen LogP contribution in [0.4, 0.5) is 10.1 Å². The fourth-order valence-corrected chi connectivity index (χ4v) is 1.41. The standard InChI is InChI=1S/C11H13BrFNO2/c1-7(11(15)16-2)6-14-8-3-4-9(12)10(13)5-8/h3-5,7,14H,6H2,1-2H3.